The molecule has 0 radical (unpaired) electrons. The number of nitrogens with zero attached hydrogens (tertiary/aromatic N) is 1. The summed E-state index contributed by atoms with van der Waals surface area (Å²) >= 11 is 3.25. The van der Waals surface area contributed by atoms with E-state index in [2.05, 4.69) is 36.3 Å². The molecule has 10 heteroatoms. The van der Waals surface area contributed by atoms with Crippen molar-refractivity contribution in [2.45, 2.75) is 20.2 Å². The van der Waals surface area contributed by atoms with Gasteiger partial charge in [0.1, 0.15) is 11.6 Å². The summed E-state index contributed by atoms with van der Waals surface area (Å²) < 4.78 is 41.5. The van der Waals surface area contributed by atoms with Gasteiger partial charge in [0.05, 0.1) is 5.56 Å². The molecule has 3 rings (SSSR count). The van der Waals surface area contributed by atoms with Crippen molar-refractivity contribution >= 4 is 33.7 Å². The Kier molecular flexibility index (Phi) is 6.83. The molecular weight excluding hydrogens is 491 g/mol. The molecule has 166 valence electrons. The number of hydrogen-bond acceptors (Lipinski definition) is 4. The lowest BCUT2D eigenvalue weighted by molar-refractivity contribution is -0.274. The molecule has 0 aliphatic rings. The number of anilines is 1. The number of halogens is 4. The molecule has 6 nitrogen and oxygen atoms in total. The van der Waals surface area contributed by atoms with E-state index in [0.29, 0.717) is 26.9 Å². The molecule has 0 saturated heterocycles. The van der Waals surface area contributed by atoms with Gasteiger partial charge in [0, 0.05) is 15.7 Å². The summed E-state index contributed by atoms with van der Waals surface area (Å²) in [4.78, 5) is 28.8. The van der Waals surface area contributed by atoms with Crippen molar-refractivity contribution in [2.75, 3.05) is 5.32 Å². The van der Waals surface area contributed by atoms with Crippen molar-refractivity contribution in [3.63, 3.8) is 0 Å². The molecule has 0 unspecified atom stereocenters. The molecule has 0 aliphatic heterocycles. The summed E-state index contributed by atoms with van der Waals surface area (Å²) in [6, 6.07) is 12.9. The normalized spacial score (nSPS) is 11.1. The topological polar surface area (TPSA) is 80.3 Å². The molecular formula is C22H17BrF3N3O3. The number of urea groups is 1. The average Bonchev–Trinajstić information content (AvgIpc) is 2.67. The highest BCUT2D eigenvalue weighted by molar-refractivity contribution is 9.10. The second-order valence-corrected chi connectivity index (χ2v) is 7.60. The number of rotatable bonds is 4. The van der Waals surface area contributed by atoms with Gasteiger partial charge in [-0.1, -0.05) is 24.3 Å². The van der Waals surface area contributed by atoms with Crippen molar-refractivity contribution in [1.82, 2.24) is 10.3 Å². The number of amides is 3. The summed E-state index contributed by atoms with van der Waals surface area (Å²) in [6.45, 7) is 3.48. The highest BCUT2D eigenvalue weighted by atomic mass is 79.9. The van der Waals surface area contributed by atoms with Crippen LogP contribution in [-0.2, 0) is 0 Å². The van der Waals surface area contributed by atoms with Crippen LogP contribution >= 0.6 is 15.9 Å². The smallest absolute Gasteiger partial charge is 0.406 e. The average molecular weight is 508 g/mol. The number of carbonyl (C=O) groups is 2. The van der Waals surface area contributed by atoms with Gasteiger partial charge in [0.25, 0.3) is 5.91 Å². The third kappa shape index (κ3) is 5.85. The van der Waals surface area contributed by atoms with E-state index in [1.165, 1.54) is 24.3 Å². The van der Waals surface area contributed by atoms with Crippen molar-refractivity contribution in [3.05, 3.63) is 75.9 Å². The van der Waals surface area contributed by atoms with Gasteiger partial charge in [-0.15, -0.1) is 13.2 Å². The fourth-order valence-corrected chi connectivity index (χ4v) is 3.58. The zero-order chi connectivity index (χ0) is 23.5. The zero-order valence-electron chi connectivity index (χ0n) is 16.9. The Hall–Kier alpha value is -3.40. The van der Waals surface area contributed by atoms with Crippen LogP contribution in [0.15, 0.2) is 59.1 Å². The fraction of sp³-hybridized carbons (Fsp3) is 0.136. The van der Waals surface area contributed by atoms with Crippen molar-refractivity contribution in [3.8, 4) is 16.9 Å². The third-order valence-electron chi connectivity index (χ3n) is 4.36. The van der Waals surface area contributed by atoms with Gasteiger partial charge >= 0.3 is 12.4 Å². The maximum Gasteiger partial charge on any atom is 0.573 e. The van der Waals surface area contributed by atoms with E-state index < -0.39 is 18.3 Å². The van der Waals surface area contributed by atoms with Gasteiger partial charge in [0.2, 0.25) is 0 Å². The van der Waals surface area contributed by atoms with E-state index in [1.807, 2.05) is 0 Å². The van der Waals surface area contributed by atoms with E-state index in [4.69, 9.17) is 0 Å². The Labute approximate surface area is 189 Å². The minimum absolute atomic E-state index is 0.221. The number of ether oxygens (including phenoxy) is 1. The van der Waals surface area contributed by atoms with Gasteiger partial charge < -0.3 is 4.74 Å². The first kappa shape index (κ1) is 23.3. The van der Waals surface area contributed by atoms with Crippen molar-refractivity contribution < 1.29 is 27.5 Å². The first-order valence-electron chi connectivity index (χ1n) is 9.25. The minimum atomic E-state index is -4.76. The molecule has 2 N–H and O–H groups in total. The van der Waals surface area contributed by atoms with Crippen LogP contribution in [0.5, 0.6) is 5.75 Å². The molecule has 2 aromatic carbocycles. The van der Waals surface area contributed by atoms with Crippen LogP contribution in [0.4, 0.5) is 23.8 Å². The number of aryl methyl sites for hydroxylation is 2. The summed E-state index contributed by atoms with van der Waals surface area (Å²) in [6.07, 6.45) is -4.76. The molecule has 0 saturated carbocycles. The summed E-state index contributed by atoms with van der Waals surface area (Å²) in [7, 11) is 0. The van der Waals surface area contributed by atoms with Crippen LogP contribution in [0.2, 0.25) is 0 Å². The van der Waals surface area contributed by atoms with Crippen LogP contribution in [-0.4, -0.2) is 23.3 Å². The maximum atomic E-state index is 12.3. The molecule has 0 bridgehead atoms. The Morgan fingerprint density at radius 1 is 1.03 bits per heavy atom. The number of benzene rings is 2. The lowest BCUT2D eigenvalue weighted by Crippen LogP contribution is -2.34. The number of aromatic nitrogens is 1. The quantitative estimate of drug-likeness (QED) is 0.454. The summed E-state index contributed by atoms with van der Waals surface area (Å²) in [5.74, 6) is -0.686. The Bertz CT molecular complexity index is 1140. The Morgan fingerprint density at radius 3 is 2.28 bits per heavy atom. The number of hydrogen-bond donors (Lipinski definition) is 2. The predicted molar refractivity (Wildman–Crippen MR) is 116 cm³/mol. The number of nitrogens with one attached hydrogen (secondary N) is 2. The van der Waals surface area contributed by atoms with E-state index in [0.717, 1.165) is 5.56 Å². The number of carbonyl (C=O) groups excluding carboxylic acids is 2. The molecule has 0 atom stereocenters. The van der Waals surface area contributed by atoms with Crippen molar-refractivity contribution in [2.24, 2.45) is 0 Å². The third-order valence-corrected chi connectivity index (χ3v) is 5.05. The van der Waals surface area contributed by atoms with E-state index in [9.17, 15) is 22.8 Å². The Balaban J connectivity index is 1.73. The van der Waals surface area contributed by atoms with Gasteiger partial charge in [-0.25, -0.2) is 9.78 Å². The zero-order valence-corrected chi connectivity index (χ0v) is 18.5. The molecule has 1 heterocycles. The maximum absolute atomic E-state index is 12.3. The summed E-state index contributed by atoms with van der Waals surface area (Å²) in [5, 5.41) is 4.75. The minimum Gasteiger partial charge on any atom is -0.406 e. The van der Waals surface area contributed by atoms with E-state index >= 15 is 0 Å². The number of imide groups is 1. The highest BCUT2D eigenvalue weighted by Gasteiger charge is 2.31. The number of pyridine rings is 1. The molecule has 3 aromatic rings. The first-order valence-corrected chi connectivity index (χ1v) is 10.0. The van der Waals surface area contributed by atoms with Crippen LogP contribution in [0.1, 0.15) is 21.6 Å². The highest BCUT2D eigenvalue weighted by Crippen LogP contribution is 2.31. The first-order chi connectivity index (χ1) is 15.0. The van der Waals surface area contributed by atoms with Gasteiger partial charge in [-0.3, -0.25) is 15.4 Å². The largest absolute Gasteiger partial charge is 0.573 e. The predicted octanol–water partition coefficient (Wildman–Crippen LogP) is 5.99. The Morgan fingerprint density at radius 2 is 1.69 bits per heavy atom. The number of alkyl halides is 3. The van der Waals surface area contributed by atoms with Crippen LogP contribution in [0.3, 0.4) is 0 Å². The van der Waals surface area contributed by atoms with Crippen LogP contribution < -0.4 is 15.4 Å². The fourth-order valence-electron chi connectivity index (χ4n) is 3.12. The second-order valence-electron chi connectivity index (χ2n) is 6.75. The second kappa shape index (κ2) is 9.39. The lowest BCUT2D eigenvalue weighted by Gasteiger charge is -2.14. The SMILES string of the molecule is Cc1cc(NC(=O)NC(=O)c2ccccc2Br)nc(C)c1-c1ccc(OC(F)(F)F)cc1. The van der Waals surface area contributed by atoms with Crippen LogP contribution in [0.25, 0.3) is 11.1 Å². The van der Waals surface area contributed by atoms with Crippen LogP contribution in [0, 0.1) is 13.8 Å². The van der Waals surface area contributed by atoms with E-state index in [1.54, 1.807) is 44.2 Å². The van der Waals surface area contributed by atoms with E-state index in [-0.39, 0.29) is 11.6 Å². The molecule has 32 heavy (non-hydrogen) atoms. The monoisotopic (exact) mass is 507 g/mol. The summed E-state index contributed by atoms with van der Waals surface area (Å²) in [5.41, 5.74) is 2.92. The molecule has 0 aliphatic carbocycles. The van der Waals surface area contributed by atoms with Crippen molar-refractivity contribution in [1.29, 1.82) is 0 Å². The van der Waals surface area contributed by atoms with Gasteiger partial charge in [-0.05, 0) is 71.2 Å². The molecule has 1 aromatic heterocycles. The standard InChI is InChI=1S/C22H17BrF3N3O3/c1-12-11-18(28-21(31)29-20(30)16-5-3-4-6-17(16)23)27-13(2)19(12)14-7-9-15(10-8-14)32-22(24,25)26/h3-11H,1-2H3,(H2,27,28,29,30,31). The molecule has 0 fully saturated rings. The molecule has 0 spiro atoms. The molecule has 3 amide bonds. The van der Waals surface area contributed by atoms with Gasteiger partial charge in [-0.2, -0.15) is 0 Å². The lowest BCUT2D eigenvalue weighted by atomic mass is 9.99. The van der Waals surface area contributed by atoms with Gasteiger partial charge in [0.15, 0.2) is 0 Å².